The van der Waals surface area contributed by atoms with Crippen LogP contribution in [0.1, 0.15) is 11.6 Å². The van der Waals surface area contributed by atoms with Gasteiger partial charge in [-0.05, 0) is 23.8 Å². The van der Waals surface area contributed by atoms with Gasteiger partial charge in [0, 0.05) is 18.0 Å². The molecule has 36 heavy (non-hydrogen) atoms. The minimum atomic E-state index is -1.74. The first kappa shape index (κ1) is 25.7. The molecule has 2 aromatic heterocycles. The van der Waals surface area contributed by atoms with Crippen LogP contribution in [0.2, 0.25) is 0 Å². The molecule has 0 amide bonds. The predicted molar refractivity (Wildman–Crippen MR) is 113 cm³/mol. The first-order valence-electron chi connectivity index (χ1n) is 10.6. The maximum absolute atomic E-state index is 13.7. The monoisotopic (exact) mass is 510 g/mol. The van der Waals surface area contributed by atoms with Gasteiger partial charge in [0.1, 0.15) is 36.2 Å². The molecule has 1 aliphatic heterocycles. The number of aromatic nitrogens is 4. The van der Waals surface area contributed by atoms with Crippen LogP contribution in [0.25, 0.3) is 11.3 Å². The zero-order valence-corrected chi connectivity index (χ0v) is 18.4. The van der Waals surface area contributed by atoms with Crippen LogP contribution in [0.5, 0.6) is 0 Å². The summed E-state index contributed by atoms with van der Waals surface area (Å²) >= 11 is 0. The van der Waals surface area contributed by atoms with Crippen molar-refractivity contribution in [1.29, 1.82) is 0 Å². The Morgan fingerprint density at radius 3 is 2.53 bits per heavy atom. The molecule has 6 atom stereocenters. The van der Waals surface area contributed by atoms with Gasteiger partial charge in [-0.15, -0.1) is 5.10 Å². The van der Waals surface area contributed by atoms with E-state index in [9.17, 15) is 38.4 Å². The van der Waals surface area contributed by atoms with Gasteiger partial charge in [0.2, 0.25) is 0 Å². The molecule has 3 heterocycles. The fourth-order valence-corrected chi connectivity index (χ4v) is 3.93. The number of hydrogen-bond donors (Lipinski definition) is 4. The summed E-state index contributed by atoms with van der Waals surface area (Å²) in [6, 6.07) is 3.24. The number of carboxylic acid groups (broad SMARTS) is 1. The molecule has 4 N–H and O–H groups in total. The number of aliphatic hydroxyl groups excluding tert-OH is 3. The normalized spacial score (nSPS) is 25.0. The number of benzene rings is 1. The molecule has 2 unspecified atom stereocenters. The standard InChI is InChI=1S/C22H21F3N4O7/c23-12-4-11(5-13(24)16(12)25)14-7-29(28-27-14)17-18(31)15(8-30)36-20(19(17)32)21(22(33)34)35-9-10-2-1-3-26-6-10/h1-7,15,17-21,30-32H,8-9H2,(H,33,34)/t15?,17-,18-,19?,20+,21-/m0/s1. The summed E-state index contributed by atoms with van der Waals surface area (Å²) in [7, 11) is 0. The smallest absolute Gasteiger partial charge is 0.335 e. The fraction of sp³-hybridized carbons (Fsp3) is 0.364. The van der Waals surface area contributed by atoms with Crippen LogP contribution < -0.4 is 0 Å². The summed E-state index contributed by atoms with van der Waals surface area (Å²) in [6.45, 7) is -0.935. The number of carboxylic acids is 1. The summed E-state index contributed by atoms with van der Waals surface area (Å²) in [4.78, 5) is 15.9. The highest BCUT2D eigenvalue weighted by atomic mass is 19.2. The lowest BCUT2D eigenvalue weighted by atomic mass is 9.90. The largest absolute Gasteiger partial charge is 0.479 e. The summed E-state index contributed by atoms with van der Waals surface area (Å²) < 4.78 is 52.5. The summed E-state index contributed by atoms with van der Waals surface area (Å²) in [5.74, 6) is -6.06. The third-order valence-electron chi connectivity index (χ3n) is 5.72. The molecular weight excluding hydrogens is 489 g/mol. The second kappa shape index (κ2) is 10.7. The number of aliphatic carboxylic acids is 1. The van der Waals surface area contributed by atoms with Gasteiger partial charge in [0.05, 0.1) is 19.4 Å². The number of carbonyl (C=O) groups is 1. The SMILES string of the molecule is O=C(O)[C@@H](OCc1cccnc1)[C@@H]1OC(CO)[C@H](O)[C@H](n2cc(-c3cc(F)c(F)c(F)c3)nn2)C1O. The number of ether oxygens (including phenoxy) is 2. The number of rotatable bonds is 8. The van der Waals surface area contributed by atoms with Crippen LogP contribution in [-0.2, 0) is 20.9 Å². The van der Waals surface area contributed by atoms with Crippen molar-refractivity contribution < 1.29 is 47.9 Å². The van der Waals surface area contributed by atoms with Gasteiger partial charge < -0.3 is 29.9 Å². The second-order valence-electron chi connectivity index (χ2n) is 8.06. The van der Waals surface area contributed by atoms with Crippen molar-refractivity contribution in [2.75, 3.05) is 6.61 Å². The molecule has 0 aliphatic carbocycles. The van der Waals surface area contributed by atoms with Gasteiger partial charge in [-0.3, -0.25) is 4.98 Å². The fourth-order valence-electron chi connectivity index (χ4n) is 3.93. The van der Waals surface area contributed by atoms with Crippen molar-refractivity contribution in [3.8, 4) is 11.3 Å². The number of pyridine rings is 1. The third-order valence-corrected chi connectivity index (χ3v) is 5.72. The van der Waals surface area contributed by atoms with E-state index in [-0.39, 0.29) is 17.9 Å². The average Bonchev–Trinajstić information content (AvgIpc) is 3.34. The topological polar surface area (TPSA) is 160 Å². The van der Waals surface area contributed by atoms with E-state index in [0.29, 0.717) is 17.7 Å². The lowest BCUT2D eigenvalue weighted by molar-refractivity contribution is -0.238. The molecule has 1 aromatic carbocycles. The zero-order chi connectivity index (χ0) is 26.0. The number of hydrogen-bond acceptors (Lipinski definition) is 9. The van der Waals surface area contributed by atoms with Crippen molar-refractivity contribution in [3.05, 3.63) is 65.9 Å². The molecule has 0 saturated carbocycles. The van der Waals surface area contributed by atoms with Crippen LogP contribution >= 0.6 is 0 Å². The third kappa shape index (κ3) is 5.08. The van der Waals surface area contributed by atoms with Gasteiger partial charge in [0.15, 0.2) is 23.6 Å². The quantitative estimate of drug-likeness (QED) is 0.313. The molecule has 0 spiro atoms. The van der Waals surface area contributed by atoms with E-state index in [0.717, 1.165) is 10.9 Å². The van der Waals surface area contributed by atoms with E-state index in [1.165, 1.54) is 12.4 Å². The Balaban J connectivity index is 1.62. The molecule has 1 saturated heterocycles. The Kier molecular flexibility index (Phi) is 7.61. The highest BCUT2D eigenvalue weighted by Gasteiger charge is 2.50. The minimum Gasteiger partial charge on any atom is -0.479 e. The number of aliphatic hydroxyl groups is 3. The van der Waals surface area contributed by atoms with Crippen LogP contribution in [0, 0.1) is 17.5 Å². The number of nitrogens with zero attached hydrogens (tertiary/aromatic N) is 4. The van der Waals surface area contributed by atoms with E-state index in [1.807, 2.05) is 0 Å². The van der Waals surface area contributed by atoms with E-state index >= 15 is 0 Å². The molecule has 14 heteroatoms. The Labute approximate surface area is 201 Å². The molecule has 192 valence electrons. The lowest BCUT2D eigenvalue weighted by Crippen LogP contribution is -2.60. The molecule has 1 aliphatic rings. The van der Waals surface area contributed by atoms with Crippen molar-refractivity contribution >= 4 is 5.97 Å². The van der Waals surface area contributed by atoms with Gasteiger partial charge in [0.25, 0.3) is 0 Å². The Hall–Kier alpha value is -3.43. The van der Waals surface area contributed by atoms with Crippen LogP contribution in [0.3, 0.4) is 0 Å². The predicted octanol–water partition coefficient (Wildman–Crippen LogP) is 0.450. The van der Waals surface area contributed by atoms with E-state index in [4.69, 9.17) is 9.47 Å². The Morgan fingerprint density at radius 1 is 1.19 bits per heavy atom. The highest BCUT2D eigenvalue weighted by molar-refractivity contribution is 5.73. The van der Waals surface area contributed by atoms with Gasteiger partial charge in [-0.1, -0.05) is 11.3 Å². The maximum atomic E-state index is 13.7. The highest BCUT2D eigenvalue weighted by Crippen LogP contribution is 2.33. The van der Waals surface area contributed by atoms with Gasteiger partial charge >= 0.3 is 5.97 Å². The van der Waals surface area contributed by atoms with E-state index in [2.05, 4.69) is 15.3 Å². The van der Waals surface area contributed by atoms with Gasteiger partial charge in [-0.25, -0.2) is 22.6 Å². The molecule has 0 radical (unpaired) electrons. The molecular formula is C22H21F3N4O7. The second-order valence-corrected chi connectivity index (χ2v) is 8.06. The van der Waals surface area contributed by atoms with E-state index < -0.39 is 66.6 Å². The van der Waals surface area contributed by atoms with Crippen molar-refractivity contribution in [3.63, 3.8) is 0 Å². The molecule has 4 rings (SSSR count). The van der Waals surface area contributed by atoms with Crippen LogP contribution in [-0.4, -0.2) is 83.5 Å². The van der Waals surface area contributed by atoms with E-state index in [1.54, 1.807) is 12.1 Å². The van der Waals surface area contributed by atoms with Crippen molar-refractivity contribution in [2.24, 2.45) is 0 Å². The summed E-state index contributed by atoms with van der Waals surface area (Å²) in [6.07, 6.45) is -3.89. The maximum Gasteiger partial charge on any atom is 0.335 e. The van der Waals surface area contributed by atoms with Crippen LogP contribution in [0.15, 0.2) is 42.9 Å². The van der Waals surface area contributed by atoms with Gasteiger partial charge in [-0.2, -0.15) is 0 Å². The van der Waals surface area contributed by atoms with Crippen molar-refractivity contribution in [1.82, 2.24) is 20.0 Å². The lowest BCUT2D eigenvalue weighted by Gasteiger charge is -2.43. The average molecular weight is 510 g/mol. The summed E-state index contributed by atoms with van der Waals surface area (Å²) in [5.41, 5.74) is 0.245. The van der Waals surface area contributed by atoms with Crippen molar-refractivity contribution in [2.45, 2.75) is 43.2 Å². The first-order chi connectivity index (χ1) is 17.2. The Morgan fingerprint density at radius 2 is 1.92 bits per heavy atom. The molecule has 1 fully saturated rings. The Bertz CT molecular complexity index is 1190. The summed E-state index contributed by atoms with van der Waals surface area (Å²) in [5, 5.41) is 48.7. The first-order valence-corrected chi connectivity index (χ1v) is 10.6. The minimum absolute atomic E-state index is 0.126. The van der Waals surface area contributed by atoms with Crippen LogP contribution in [0.4, 0.5) is 13.2 Å². The molecule has 0 bridgehead atoms. The zero-order valence-electron chi connectivity index (χ0n) is 18.4. The number of halogens is 3. The molecule has 3 aromatic rings. The molecule has 11 nitrogen and oxygen atoms in total.